The number of halogens is 1. The summed E-state index contributed by atoms with van der Waals surface area (Å²) in [4.78, 5) is 14.2. The predicted octanol–water partition coefficient (Wildman–Crippen LogP) is 3.52. The Bertz CT molecular complexity index is 895. The van der Waals surface area contributed by atoms with Gasteiger partial charge < -0.3 is 15.0 Å². The third-order valence-corrected chi connectivity index (χ3v) is 4.31. The first kappa shape index (κ1) is 18.6. The van der Waals surface area contributed by atoms with E-state index in [0.29, 0.717) is 43.2 Å². The van der Waals surface area contributed by atoms with Crippen LogP contribution >= 0.6 is 0 Å². The number of benzene rings is 2. The summed E-state index contributed by atoms with van der Waals surface area (Å²) < 4.78 is 19.8. The first-order valence-corrected chi connectivity index (χ1v) is 8.69. The van der Waals surface area contributed by atoms with Crippen LogP contribution in [0.4, 0.5) is 15.8 Å². The Hall–Kier alpha value is -3.17. The molecule has 27 heavy (non-hydrogen) atoms. The lowest BCUT2D eigenvalue weighted by molar-refractivity contribution is -0.112. The van der Waals surface area contributed by atoms with Crippen molar-refractivity contribution in [3.05, 3.63) is 65.0 Å². The number of nitriles is 1. The molecule has 3 rings (SSSR count). The molecular formula is C21H20FN3O2. The van der Waals surface area contributed by atoms with Gasteiger partial charge in [0.15, 0.2) is 0 Å². The molecule has 0 saturated carbocycles. The van der Waals surface area contributed by atoms with Crippen molar-refractivity contribution in [2.75, 3.05) is 36.5 Å². The van der Waals surface area contributed by atoms with Gasteiger partial charge in [-0.25, -0.2) is 4.39 Å². The minimum Gasteiger partial charge on any atom is -0.378 e. The third kappa shape index (κ3) is 4.72. The van der Waals surface area contributed by atoms with Gasteiger partial charge in [-0.1, -0.05) is 23.8 Å². The summed E-state index contributed by atoms with van der Waals surface area (Å²) in [5.74, 6) is -0.916. The molecule has 1 saturated heterocycles. The normalized spacial score (nSPS) is 14.6. The standard InChI is InChI=1S/C21H20FN3O2/c1-15-2-5-18(6-3-15)24-21(26)17(14-23)12-16-4-7-20(19(22)13-16)25-8-10-27-11-9-25/h2-7,12-13H,8-11H2,1H3,(H,24,26)/b17-12-. The van der Waals surface area contributed by atoms with Crippen molar-refractivity contribution in [1.29, 1.82) is 5.26 Å². The summed E-state index contributed by atoms with van der Waals surface area (Å²) >= 11 is 0. The van der Waals surface area contributed by atoms with E-state index in [9.17, 15) is 14.4 Å². The molecule has 6 heteroatoms. The van der Waals surface area contributed by atoms with Crippen molar-refractivity contribution in [3.8, 4) is 6.07 Å². The minimum absolute atomic E-state index is 0.0888. The van der Waals surface area contributed by atoms with E-state index in [-0.39, 0.29) is 11.4 Å². The van der Waals surface area contributed by atoms with Gasteiger partial charge in [-0.05, 0) is 42.8 Å². The van der Waals surface area contributed by atoms with E-state index in [1.165, 1.54) is 12.1 Å². The molecular weight excluding hydrogens is 345 g/mol. The summed E-state index contributed by atoms with van der Waals surface area (Å²) in [6.45, 7) is 4.35. The van der Waals surface area contributed by atoms with Gasteiger partial charge in [-0.3, -0.25) is 4.79 Å². The monoisotopic (exact) mass is 365 g/mol. The van der Waals surface area contributed by atoms with Gasteiger partial charge in [-0.15, -0.1) is 0 Å². The Morgan fingerprint density at radius 1 is 1.22 bits per heavy atom. The van der Waals surface area contributed by atoms with Gasteiger partial charge in [0.1, 0.15) is 17.5 Å². The van der Waals surface area contributed by atoms with Crippen LogP contribution in [0.2, 0.25) is 0 Å². The quantitative estimate of drug-likeness (QED) is 0.665. The summed E-state index contributed by atoms with van der Waals surface area (Å²) in [5, 5.41) is 12.0. The lowest BCUT2D eigenvalue weighted by Crippen LogP contribution is -2.36. The van der Waals surface area contributed by atoms with Crippen molar-refractivity contribution < 1.29 is 13.9 Å². The molecule has 2 aromatic rings. The molecule has 0 bridgehead atoms. The summed E-state index contributed by atoms with van der Waals surface area (Å²) in [5.41, 5.74) is 2.53. The van der Waals surface area contributed by atoms with Crippen molar-refractivity contribution in [2.45, 2.75) is 6.92 Å². The Kier molecular flexibility index (Phi) is 5.84. The van der Waals surface area contributed by atoms with Gasteiger partial charge in [-0.2, -0.15) is 5.26 Å². The number of carbonyl (C=O) groups excluding carboxylic acids is 1. The molecule has 1 aliphatic rings. The minimum atomic E-state index is -0.529. The highest BCUT2D eigenvalue weighted by Crippen LogP contribution is 2.23. The fraction of sp³-hybridized carbons (Fsp3) is 0.238. The molecule has 0 aliphatic carbocycles. The molecule has 0 aromatic heterocycles. The third-order valence-electron chi connectivity index (χ3n) is 4.31. The first-order chi connectivity index (χ1) is 13.1. The van der Waals surface area contributed by atoms with E-state index in [2.05, 4.69) is 5.32 Å². The molecule has 1 aliphatic heterocycles. The van der Waals surface area contributed by atoms with Crippen LogP contribution in [0.25, 0.3) is 6.08 Å². The van der Waals surface area contributed by atoms with Crippen molar-refractivity contribution in [2.24, 2.45) is 0 Å². The zero-order valence-electron chi connectivity index (χ0n) is 15.0. The maximum absolute atomic E-state index is 14.5. The maximum atomic E-state index is 14.5. The highest BCUT2D eigenvalue weighted by molar-refractivity contribution is 6.09. The van der Waals surface area contributed by atoms with E-state index >= 15 is 0 Å². The zero-order chi connectivity index (χ0) is 19.2. The topological polar surface area (TPSA) is 65.4 Å². The number of nitrogens with one attached hydrogen (secondary N) is 1. The lowest BCUT2D eigenvalue weighted by atomic mass is 10.1. The Balaban J connectivity index is 1.76. The summed E-state index contributed by atoms with van der Waals surface area (Å²) in [7, 11) is 0. The van der Waals surface area contributed by atoms with Gasteiger partial charge >= 0.3 is 0 Å². The van der Waals surface area contributed by atoms with E-state index in [1.807, 2.05) is 30.0 Å². The molecule has 1 amide bonds. The van der Waals surface area contributed by atoms with Gasteiger partial charge in [0.2, 0.25) is 0 Å². The molecule has 0 spiro atoms. The number of carbonyl (C=O) groups is 1. The van der Waals surface area contributed by atoms with Crippen molar-refractivity contribution >= 4 is 23.4 Å². The van der Waals surface area contributed by atoms with E-state index in [4.69, 9.17) is 4.74 Å². The highest BCUT2D eigenvalue weighted by Gasteiger charge is 2.16. The molecule has 0 radical (unpaired) electrons. The summed E-state index contributed by atoms with van der Waals surface area (Å²) in [6.07, 6.45) is 1.38. The van der Waals surface area contributed by atoms with Crippen LogP contribution in [-0.2, 0) is 9.53 Å². The molecule has 0 unspecified atom stereocenters. The Morgan fingerprint density at radius 2 is 1.93 bits per heavy atom. The average Bonchev–Trinajstić information content (AvgIpc) is 2.68. The van der Waals surface area contributed by atoms with Gasteiger partial charge in [0.25, 0.3) is 5.91 Å². The Morgan fingerprint density at radius 3 is 2.56 bits per heavy atom. The molecule has 138 valence electrons. The first-order valence-electron chi connectivity index (χ1n) is 8.69. The van der Waals surface area contributed by atoms with E-state index < -0.39 is 5.91 Å². The van der Waals surface area contributed by atoms with E-state index in [0.717, 1.165) is 5.56 Å². The highest BCUT2D eigenvalue weighted by atomic mass is 19.1. The van der Waals surface area contributed by atoms with Crippen LogP contribution in [0.3, 0.4) is 0 Å². The Labute approximate surface area is 157 Å². The lowest BCUT2D eigenvalue weighted by Gasteiger charge is -2.29. The van der Waals surface area contributed by atoms with Crippen molar-refractivity contribution in [1.82, 2.24) is 0 Å². The molecule has 1 N–H and O–H groups in total. The molecule has 0 atom stereocenters. The SMILES string of the molecule is Cc1ccc(NC(=O)/C(C#N)=C\c2ccc(N3CCOCC3)c(F)c2)cc1. The number of ether oxygens (including phenoxy) is 1. The van der Waals surface area contributed by atoms with Crippen LogP contribution in [-0.4, -0.2) is 32.2 Å². The number of hydrogen-bond acceptors (Lipinski definition) is 4. The fourth-order valence-corrected chi connectivity index (χ4v) is 2.82. The maximum Gasteiger partial charge on any atom is 0.266 e. The number of anilines is 2. The second-order valence-electron chi connectivity index (χ2n) is 6.30. The van der Waals surface area contributed by atoms with Crippen LogP contribution < -0.4 is 10.2 Å². The average molecular weight is 365 g/mol. The molecule has 1 heterocycles. The molecule has 5 nitrogen and oxygen atoms in total. The molecule has 1 fully saturated rings. The number of aryl methyl sites for hydroxylation is 1. The number of hydrogen-bond donors (Lipinski definition) is 1. The zero-order valence-corrected chi connectivity index (χ0v) is 15.0. The van der Waals surface area contributed by atoms with Crippen LogP contribution in [0.1, 0.15) is 11.1 Å². The number of amides is 1. The van der Waals surface area contributed by atoms with E-state index in [1.54, 1.807) is 24.3 Å². The number of nitrogens with zero attached hydrogens (tertiary/aromatic N) is 2. The largest absolute Gasteiger partial charge is 0.378 e. The van der Waals surface area contributed by atoms with Crippen LogP contribution in [0, 0.1) is 24.1 Å². The van der Waals surface area contributed by atoms with Crippen molar-refractivity contribution in [3.63, 3.8) is 0 Å². The number of morpholine rings is 1. The van der Waals surface area contributed by atoms with Crippen LogP contribution in [0.15, 0.2) is 48.0 Å². The summed E-state index contributed by atoms with van der Waals surface area (Å²) in [6, 6.07) is 13.8. The van der Waals surface area contributed by atoms with Crippen LogP contribution in [0.5, 0.6) is 0 Å². The second-order valence-corrected chi connectivity index (χ2v) is 6.30. The smallest absolute Gasteiger partial charge is 0.266 e. The second kappa shape index (κ2) is 8.47. The van der Waals surface area contributed by atoms with Gasteiger partial charge in [0, 0.05) is 18.8 Å². The number of rotatable bonds is 4. The fourth-order valence-electron chi connectivity index (χ4n) is 2.82. The predicted molar refractivity (Wildman–Crippen MR) is 103 cm³/mol. The molecule has 2 aromatic carbocycles. The van der Waals surface area contributed by atoms with Gasteiger partial charge in [0.05, 0.1) is 18.9 Å².